The maximum absolute atomic E-state index is 14.2. The van der Waals surface area contributed by atoms with Gasteiger partial charge in [0.05, 0.1) is 0 Å². The first-order chi connectivity index (χ1) is 25.3. The van der Waals surface area contributed by atoms with Gasteiger partial charge in [-0.2, -0.15) is 0 Å². The van der Waals surface area contributed by atoms with E-state index in [1.807, 2.05) is 39.0 Å². The molecule has 3 heteroatoms. The molecule has 0 radical (unpaired) electrons. The molecular weight excluding hydrogens is 646 g/mol. The van der Waals surface area contributed by atoms with Gasteiger partial charge >= 0.3 is 0 Å². The highest BCUT2D eigenvalue weighted by atomic mass is 19.1. The van der Waals surface area contributed by atoms with Gasteiger partial charge < -0.3 is 0 Å². The zero-order valence-corrected chi connectivity index (χ0v) is 32.6. The van der Waals surface area contributed by atoms with E-state index >= 15 is 0 Å². The SMILES string of the molecule is C=Cc1ccc(-c2ccc(C3CCC(CCC)CC3)cc2)cc1F.CC.CCCc1c(F)cc(-c2ccc(C3CCC(CCC)CC3)cc2)cc1F. The summed E-state index contributed by atoms with van der Waals surface area (Å²) in [5.41, 5.74) is 7.08. The second-order valence-corrected chi connectivity index (χ2v) is 14.9. The molecule has 0 heterocycles. The summed E-state index contributed by atoms with van der Waals surface area (Å²) in [6.45, 7) is 14.1. The van der Waals surface area contributed by atoms with Crippen molar-refractivity contribution in [3.8, 4) is 22.3 Å². The molecule has 2 fully saturated rings. The van der Waals surface area contributed by atoms with Gasteiger partial charge in [0.2, 0.25) is 0 Å². The average molecular weight is 709 g/mol. The molecule has 0 aromatic heterocycles. The van der Waals surface area contributed by atoms with Crippen LogP contribution in [0.4, 0.5) is 13.2 Å². The molecule has 52 heavy (non-hydrogen) atoms. The van der Waals surface area contributed by atoms with Crippen LogP contribution in [0.15, 0.2) is 85.4 Å². The Kier molecular flexibility index (Phi) is 16.8. The van der Waals surface area contributed by atoms with E-state index in [0.29, 0.717) is 29.4 Å². The zero-order chi connectivity index (χ0) is 37.5. The van der Waals surface area contributed by atoms with E-state index in [0.717, 1.165) is 34.9 Å². The van der Waals surface area contributed by atoms with Crippen LogP contribution in [0.1, 0.15) is 152 Å². The van der Waals surface area contributed by atoms with Gasteiger partial charge in [0.1, 0.15) is 17.5 Å². The van der Waals surface area contributed by atoms with Crippen molar-refractivity contribution >= 4 is 6.08 Å². The monoisotopic (exact) mass is 708 g/mol. The predicted molar refractivity (Wildman–Crippen MR) is 218 cm³/mol. The molecule has 6 rings (SSSR count). The van der Waals surface area contributed by atoms with Gasteiger partial charge in [0.15, 0.2) is 0 Å². The molecule has 0 aliphatic heterocycles. The summed E-state index contributed by atoms with van der Waals surface area (Å²) in [6.07, 6.45) is 18.6. The third-order valence-electron chi connectivity index (χ3n) is 11.4. The van der Waals surface area contributed by atoms with Crippen molar-refractivity contribution in [3.05, 3.63) is 125 Å². The van der Waals surface area contributed by atoms with Gasteiger partial charge in [0, 0.05) is 11.1 Å². The molecule has 2 aliphatic rings. The lowest BCUT2D eigenvalue weighted by molar-refractivity contribution is 0.308. The maximum Gasteiger partial charge on any atom is 0.131 e. The first kappa shape index (κ1) is 41.2. The molecule has 0 amide bonds. The lowest BCUT2D eigenvalue weighted by Gasteiger charge is -2.28. The first-order valence-electron chi connectivity index (χ1n) is 20.4. The fourth-order valence-electron chi connectivity index (χ4n) is 8.41. The van der Waals surface area contributed by atoms with Crippen LogP contribution >= 0.6 is 0 Å². The van der Waals surface area contributed by atoms with Crippen molar-refractivity contribution < 1.29 is 13.2 Å². The van der Waals surface area contributed by atoms with Gasteiger partial charge in [-0.25, -0.2) is 13.2 Å². The third-order valence-corrected chi connectivity index (χ3v) is 11.4. The van der Waals surface area contributed by atoms with Crippen molar-refractivity contribution in [2.45, 2.75) is 136 Å². The summed E-state index contributed by atoms with van der Waals surface area (Å²) in [7, 11) is 0. The summed E-state index contributed by atoms with van der Waals surface area (Å²) in [5.74, 6) is 2.12. The summed E-state index contributed by atoms with van der Waals surface area (Å²) in [4.78, 5) is 0. The Morgan fingerprint density at radius 1 is 0.519 bits per heavy atom. The topological polar surface area (TPSA) is 0 Å². The third kappa shape index (κ3) is 11.2. The second-order valence-electron chi connectivity index (χ2n) is 14.9. The zero-order valence-electron chi connectivity index (χ0n) is 32.6. The Bertz CT molecular complexity index is 1610. The van der Waals surface area contributed by atoms with Gasteiger partial charge in [-0.15, -0.1) is 0 Å². The minimum absolute atomic E-state index is 0.205. The van der Waals surface area contributed by atoms with E-state index in [9.17, 15) is 13.2 Å². The predicted octanol–water partition coefficient (Wildman–Crippen LogP) is 15.9. The average Bonchev–Trinajstić information content (AvgIpc) is 3.18. The number of benzene rings is 4. The molecule has 0 N–H and O–H groups in total. The van der Waals surface area contributed by atoms with E-state index in [4.69, 9.17) is 0 Å². The van der Waals surface area contributed by atoms with Crippen molar-refractivity contribution in [2.24, 2.45) is 11.8 Å². The molecular formula is C49H63F3. The normalized spacial score (nSPS) is 19.8. The Hall–Kier alpha value is -3.59. The van der Waals surface area contributed by atoms with Crippen LogP contribution in [0.2, 0.25) is 0 Å². The van der Waals surface area contributed by atoms with Gasteiger partial charge in [-0.3, -0.25) is 0 Å². The molecule has 0 nitrogen and oxygen atoms in total. The van der Waals surface area contributed by atoms with Crippen LogP contribution in [0.25, 0.3) is 28.3 Å². The molecule has 0 unspecified atom stereocenters. The summed E-state index contributed by atoms with van der Waals surface area (Å²) in [6, 6.07) is 25.4. The molecule has 4 aromatic rings. The summed E-state index contributed by atoms with van der Waals surface area (Å²) >= 11 is 0. The van der Waals surface area contributed by atoms with Crippen LogP contribution in [-0.2, 0) is 6.42 Å². The Labute approximate surface area is 314 Å². The van der Waals surface area contributed by atoms with Crippen molar-refractivity contribution in [1.29, 1.82) is 0 Å². The second kappa shape index (κ2) is 21.2. The molecule has 2 aliphatic carbocycles. The van der Waals surface area contributed by atoms with Crippen molar-refractivity contribution in [2.75, 3.05) is 0 Å². The molecule has 0 spiro atoms. The number of hydrogen-bond acceptors (Lipinski definition) is 0. The van der Waals surface area contributed by atoms with Gasteiger partial charge in [-0.05, 0) is 133 Å². The van der Waals surface area contributed by atoms with E-state index < -0.39 is 11.6 Å². The first-order valence-corrected chi connectivity index (χ1v) is 20.4. The number of hydrogen-bond donors (Lipinski definition) is 0. The van der Waals surface area contributed by atoms with Gasteiger partial charge in [0.25, 0.3) is 0 Å². The minimum Gasteiger partial charge on any atom is -0.207 e. The van der Waals surface area contributed by atoms with E-state index in [1.165, 1.54) is 100 Å². The standard InChI is InChI=1S/C24H30F2.C23H27F.C2H6/c1-3-5-17-7-9-18(10-8-17)19-11-13-20(14-12-19)21-15-23(25)22(6-4-2)24(26)16-21;1-3-5-17-6-8-19(9-7-17)20-11-13-21(14-12-20)22-15-10-18(4-2)23(24)16-22;1-2/h11-18H,3-10H2,1-2H3;4,10-17,19H,2-3,5-9H2,1H3;1-2H3. The Morgan fingerprint density at radius 2 is 0.923 bits per heavy atom. The summed E-state index contributed by atoms with van der Waals surface area (Å²) in [5, 5.41) is 0. The molecule has 2 saturated carbocycles. The molecule has 4 aromatic carbocycles. The number of halogens is 3. The highest BCUT2D eigenvalue weighted by molar-refractivity contribution is 5.66. The van der Waals surface area contributed by atoms with Crippen LogP contribution in [0, 0.1) is 29.3 Å². The van der Waals surface area contributed by atoms with E-state index in [2.05, 4.69) is 56.8 Å². The van der Waals surface area contributed by atoms with Crippen LogP contribution in [0.3, 0.4) is 0 Å². The maximum atomic E-state index is 14.2. The summed E-state index contributed by atoms with van der Waals surface area (Å²) < 4.78 is 42.4. The lowest BCUT2D eigenvalue weighted by atomic mass is 9.77. The smallest absolute Gasteiger partial charge is 0.131 e. The van der Waals surface area contributed by atoms with Gasteiger partial charge in [-0.1, -0.05) is 140 Å². The Balaban J connectivity index is 0.000000223. The van der Waals surface area contributed by atoms with Crippen LogP contribution in [0.5, 0.6) is 0 Å². The van der Waals surface area contributed by atoms with Crippen molar-refractivity contribution in [1.82, 2.24) is 0 Å². The molecule has 280 valence electrons. The van der Waals surface area contributed by atoms with E-state index in [-0.39, 0.29) is 11.4 Å². The quantitative estimate of drug-likeness (QED) is 0.145. The fourth-order valence-corrected chi connectivity index (χ4v) is 8.41. The largest absolute Gasteiger partial charge is 0.207 e. The number of rotatable bonds is 11. The lowest BCUT2D eigenvalue weighted by Crippen LogP contribution is -2.13. The highest BCUT2D eigenvalue weighted by Crippen LogP contribution is 2.39. The minimum atomic E-state index is -0.430. The Morgan fingerprint density at radius 3 is 1.31 bits per heavy atom. The van der Waals surface area contributed by atoms with Crippen LogP contribution < -0.4 is 0 Å². The van der Waals surface area contributed by atoms with Crippen LogP contribution in [-0.4, -0.2) is 0 Å². The van der Waals surface area contributed by atoms with Crippen molar-refractivity contribution in [3.63, 3.8) is 0 Å². The molecule has 0 atom stereocenters. The molecule has 0 bridgehead atoms. The fraction of sp³-hybridized carbons (Fsp3) is 0.469. The highest BCUT2D eigenvalue weighted by Gasteiger charge is 2.23. The molecule has 0 saturated heterocycles. The van der Waals surface area contributed by atoms with E-state index in [1.54, 1.807) is 18.2 Å².